The summed E-state index contributed by atoms with van der Waals surface area (Å²) in [6.07, 6.45) is 0. The predicted molar refractivity (Wildman–Crippen MR) is 70.7 cm³/mol. The average molecular weight is 386 g/mol. The molecule has 0 heterocycles. The second kappa shape index (κ2) is 4.26. The fourth-order valence-corrected chi connectivity index (χ4v) is 2.81. The molecule has 1 aromatic rings. The standard InChI is InChI=1S/C10H12I2/c1-6(2)8-4-9(11)7(3)10(12)5-8/h4-6H,1-3H3. The fourth-order valence-electron chi connectivity index (χ4n) is 0.998. The molecule has 0 aliphatic carbocycles. The Morgan fingerprint density at radius 3 is 1.83 bits per heavy atom. The molecule has 0 bridgehead atoms. The summed E-state index contributed by atoms with van der Waals surface area (Å²) in [5.41, 5.74) is 2.84. The van der Waals surface area contributed by atoms with Gasteiger partial charge in [0.25, 0.3) is 0 Å². The number of halogens is 2. The Morgan fingerprint density at radius 1 is 1.08 bits per heavy atom. The normalized spacial score (nSPS) is 10.8. The molecule has 0 aliphatic heterocycles. The van der Waals surface area contributed by atoms with Gasteiger partial charge in [-0.2, -0.15) is 0 Å². The van der Waals surface area contributed by atoms with Gasteiger partial charge in [-0.25, -0.2) is 0 Å². The van der Waals surface area contributed by atoms with Crippen LogP contribution in [0, 0.1) is 14.1 Å². The van der Waals surface area contributed by atoms with Crippen LogP contribution < -0.4 is 0 Å². The highest BCUT2D eigenvalue weighted by Crippen LogP contribution is 2.24. The minimum atomic E-state index is 0.632. The van der Waals surface area contributed by atoms with Crippen LogP contribution in [-0.2, 0) is 0 Å². The summed E-state index contributed by atoms with van der Waals surface area (Å²) in [6, 6.07) is 4.56. The molecule has 0 aromatic heterocycles. The number of hydrogen-bond acceptors (Lipinski definition) is 0. The zero-order chi connectivity index (χ0) is 9.30. The van der Waals surface area contributed by atoms with Gasteiger partial charge in [-0.15, -0.1) is 0 Å². The number of benzene rings is 1. The first-order valence-electron chi connectivity index (χ1n) is 3.98. The molecular weight excluding hydrogens is 374 g/mol. The third-order valence-corrected chi connectivity index (χ3v) is 4.21. The van der Waals surface area contributed by atoms with Crippen LogP contribution in [-0.4, -0.2) is 0 Å². The first-order chi connectivity index (χ1) is 5.52. The monoisotopic (exact) mass is 386 g/mol. The van der Waals surface area contributed by atoms with Gasteiger partial charge in [-0.3, -0.25) is 0 Å². The minimum Gasteiger partial charge on any atom is -0.0587 e. The van der Waals surface area contributed by atoms with Crippen molar-refractivity contribution in [1.29, 1.82) is 0 Å². The van der Waals surface area contributed by atoms with E-state index in [1.807, 2.05) is 0 Å². The van der Waals surface area contributed by atoms with Crippen LogP contribution in [0.1, 0.15) is 30.9 Å². The van der Waals surface area contributed by atoms with E-state index < -0.39 is 0 Å². The van der Waals surface area contributed by atoms with E-state index in [0.717, 1.165) is 0 Å². The summed E-state index contributed by atoms with van der Waals surface area (Å²) in [4.78, 5) is 0. The quantitative estimate of drug-likeness (QED) is 0.631. The molecule has 0 nitrogen and oxygen atoms in total. The molecule has 1 rings (SSSR count). The zero-order valence-electron chi connectivity index (χ0n) is 7.49. The lowest BCUT2D eigenvalue weighted by atomic mass is 10.0. The van der Waals surface area contributed by atoms with Crippen molar-refractivity contribution in [2.45, 2.75) is 26.7 Å². The van der Waals surface area contributed by atoms with Gasteiger partial charge < -0.3 is 0 Å². The molecule has 0 atom stereocenters. The molecule has 0 saturated heterocycles. The first kappa shape index (κ1) is 10.8. The molecule has 0 aliphatic rings. The van der Waals surface area contributed by atoms with E-state index >= 15 is 0 Å². The van der Waals surface area contributed by atoms with Crippen LogP contribution in [0.4, 0.5) is 0 Å². The Morgan fingerprint density at radius 2 is 1.50 bits per heavy atom. The topological polar surface area (TPSA) is 0 Å². The summed E-state index contributed by atoms with van der Waals surface area (Å²) in [5, 5.41) is 0. The van der Waals surface area contributed by atoms with Gasteiger partial charge in [0.1, 0.15) is 0 Å². The van der Waals surface area contributed by atoms with Crippen LogP contribution in [0.2, 0.25) is 0 Å². The van der Waals surface area contributed by atoms with Gasteiger partial charge in [0.15, 0.2) is 0 Å². The molecular formula is C10H12I2. The maximum Gasteiger partial charge on any atom is 0.0172 e. The smallest absolute Gasteiger partial charge is 0.0172 e. The van der Waals surface area contributed by atoms with Gasteiger partial charge in [0.2, 0.25) is 0 Å². The molecule has 12 heavy (non-hydrogen) atoms. The predicted octanol–water partition coefficient (Wildman–Crippen LogP) is 4.33. The number of rotatable bonds is 1. The highest BCUT2D eigenvalue weighted by atomic mass is 127. The van der Waals surface area contributed by atoms with Gasteiger partial charge in [0.05, 0.1) is 0 Å². The summed E-state index contributed by atoms with van der Waals surface area (Å²) in [6.45, 7) is 6.64. The van der Waals surface area contributed by atoms with Crippen molar-refractivity contribution < 1.29 is 0 Å². The second-order valence-corrected chi connectivity index (χ2v) is 5.59. The van der Waals surface area contributed by atoms with Gasteiger partial charge >= 0.3 is 0 Å². The summed E-state index contributed by atoms with van der Waals surface area (Å²) >= 11 is 4.81. The van der Waals surface area contributed by atoms with Crippen molar-refractivity contribution in [2.75, 3.05) is 0 Å². The number of hydrogen-bond donors (Lipinski definition) is 0. The van der Waals surface area contributed by atoms with E-state index in [4.69, 9.17) is 0 Å². The Labute approximate surface area is 101 Å². The Kier molecular flexibility index (Phi) is 3.82. The maximum absolute atomic E-state index is 2.40. The molecule has 2 heteroatoms. The van der Waals surface area contributed by atoms with Crippen LogP contribution in [0.3, 0.4) is 0 Å². The van der Waals surface area contributed by atoms with Crippen LogP contribution >= 0.6 is 45.2 Å². The van der Waals surface area contributed by atoms with Gasteiger partial charge in [0, 0.05) is 7.14 Å². The Hall–Kier alpha value is 0.680. The van der Waals surface area contributed by atoms with E-state index in [0.29, 0.717) is 5.92 Å². The fraction of sp³-hybridized carbons (Fsp3) is 0.400. The lowest BCUT2D eigenvalue weighted by Gasteiger charge is -2.09. The van der Waals surface area contributed by atoms with Crippen molar-refractivity contribution in [2.24, 2.45) is 0 Å². The van der Waals surface area contributed by atoms with Crippen molar-refractivity contribution in [3.8, 4) is 0 Å². The van der Waals surface area contributed by atoms with Crippen molar-refractivity contribution in [3.05, 3.63) is 30.4 Å². The molecule has 0 amide bonds. The van der Waals surface area contributed by atoms with E-state index in [2.05, 4.69) is 78.1 Å². The van der Waals surface area contributed by atoms with Gasteiger partial charge in [-0.05, 0) is 81.3 Å². The molecule has 1 aromatic carbocycles. The van der Waals surface area contributed by atoms with Crippen molar-refractivity contribution in [1.82, 2.24) is 0 Å². The average Bonchev–Trinajstić information content (AvgIpc) is 1.99. The van der Waals surface area contributed by atoms with E-state index in [1.165, 1.54) is 18.3 Å². The lowest BCUT2D eigenvalue weighted by Crippen LogP contribution is -1.93. The Balaban J connectivity index is 3.21. The molecule has 0 unspecified atom stereocenters. The van der Waals surface area contributed by atoms with Crippen LogP contribution in [0.25, 0.3) is 0 Å². The molecule has 0 radical (unpaired) electrons. The van der Waals surface area contributed by atoms with Gasteiger partial charge in [-0.1, -0.05) is 13.8 Å². The molecule has 0 spiro atoms. The van der Waals surface area contributed by atoms with Crippen molar-refractivity contribution >= 4 is 45.2 Å². The van der Waals surface area contributed by atoms with E-state index in [-0.39, 0.29) is 0 Å². The first-order valence-corrected chi connectivity index (χ1v) is 6.13. The zero-order valence-corrected chi connectivity index (χ0v) is 11.8. The highest BCUT2D eigenvalue weighted by Gasteiger charge is 2.05. The third kappa shape index (κ3) is 2.34. The second-order valence-electron chi connectivity index (χ2n) is 3.26. The lowest BCUT2D eigenvalue weighted by molar-refractivity contribution is 0.863. The SMILES string of the molecule is Cc1c(I)cc(C(C)C)cc1I. The van der Waals surface area contributed by atoms with Crippen LogP contribution in [0.5, 0.6) is 0 Å². The van der Waals surface area contributed by atoms with E-state index in [9.17, 15) is 0 Å². The molecule has 0 N–H and O–H groups in total. The summed E-state index contributed by atoms with van der Waals surface area (Å²) < 4.78 is 2.76. The highest BCUT2D eigenvalue weighted by molar-refractivity contribution is 14.1. The van der Waals surface area contributed by atoms with Crippen molar-refractivity contribution in [3.63, 3.8) is 0 Å². The Bertz CT molecular complexity index is 267. The molecule has 0 fully saturated rings. The largest absolute Gasteiger partial charge is 0.0587 e. The maximum atomic E-state index is 2.40. The minimum absolute atomic E-state index is 0.632. The van der Waals surface area contributed by atoms with Crippen LogP contribution in [0.15, 0.2) is 12.1 Å². The molecule has 0 saturated carbocycles. The summed E-state index contributed by atoms with van der Waals surface area (Å²) in [7, 11) is 0. The molecule has 66 valence electrons. The third-order valence-electron chi connectivity index (χ3n) is 1.97. The van der Waals surface area contributed by atoms with E-state index in [1.54, 1.807) is 0 Å². The summed E-state index contributed by atoms with van der Waals surface area (Å²) in [5.74, 6) is 0.632.